The van der Waals surface area contributed by atoms with E-state index in [1.807, 2.05) is 13.8 Å². The van der Waals surface area contributed by atoms with Crippen molar-refractivity contribution < 1.29 is 9.26 Å². The van der Waals surface area contributed by atoms with Crippen LogP contribution >= 0.6 is 24.0 Å². The maximum absolute atomic E-state index is 5.56. The van der Waals surface area contributed by atoms with Crippen LogP contribution in [-0.2, 0) is 19.4 Å². The lowest BCUT2D eigenvalue weighted by atomic mass is 10.1. The zero-order valence-corrected chi connectivity index (χ0v) is 17.9. The first-order chi connectivity index (χ1) is 12.2. The van der Waals surface area contributed by atoms with Gasteiger partial charge in [0.1, 0.15) is 11.5 Å². The SMILES string of the molecule is CCNC(=NCc1c(C)noc1C)NCCc1ccc2c(c1)CCO2.I. The molecule has 0 atom stereocenters. The highest BCUT2D eigenvalue weighted by Gasteiger charge is 2.12. The summed E-state index contributed by atoms with van der Waals surface area (Å²) in [6, 6.07) is 6.46. The Bertz CT molecular complexity index is 738. The van der Waals surface area contributed by atoms with Gasteiger partial charge in [-0.2, -0.15) is 0 Å². The predicted molar refractivity (Wildman–Crippen MR) is 114 cm³/mol. The second-order valence-electron chi connectivity index (χ2n) is 6.22. The van der Waals surface area contributed by atoms with Gasteiger partial charge in [0.15, 0.2) is 5.96 Å². The van der Waals surface area contributed by atoms with Crippen LogP contribution in [-0.4, -0.2) is 30.8 Å². The van der Waals surface area contributed by atoms with Gasteiger partial charge in [0.2, 0.25) is 0 Å². The number of aliphatic imine (C=N–C) groups is 1. The van der Waals surface area contributed by atoms with Crippen LogP contribution in [0.5, 0.6) is 5.75 Å². The van der Waals surface area contributed by atoms with Crippen molar-refractivity contribution in [2.24, 2.45) is 4.99 Å². The third-order valence-electron chi connectivity index (χ3n) is 4.38. The minimum atomic E-state index is 0. The Hall–Kier alpha value is -1.77. The number of aromatic nitrogens is 1. The van der Waals surface area contributed by atoms with Crippen LogP contribution in [0, 0.1) is 13.8 Å². The molecule has 1 aromatic heterocycles. The van der Waals surface area contributed by atoms with Gasteiger partial charge >= 0.3 is 0 Å². The lowest BCUT2D eigenvalue weighted by Gasteiger charge is -2.11. The molecule has 0 saturated carbocycles. The highest BCUT2D eigenvalue weighted by molar-refractivity contribution is 14.0. The Balaban J connectivity index is 0.00000243. The summed E-state index contributed by atoms with van der Waals surface area (Å²) in [6.07, 6.45) is 1.96. The maximum atomic E-state index is 5.56. The molecule has 6 nitrogen and oxygen atoms in total. The average molecular weight is 470 g/mol. The van der Waals surface area contributed by atoms with E-state index < -0.39 is 0 Å². The van der Waals surface area contributed by atoms with Crippen LogP contribution in [0.3, 0.4) is 0 Å². The Morgan fingerprint density at radius 3 is 2.85 bits per heavy atom. The summed E-state index contributed by atoms with van der Waals surface area (Å²) in [7, 11) is 0. The number of halogens is 1. The third kappa shape index (κ3) is 5.12. The molecule has 2 N–H and O–H groups in total. The molecule has 0 fully saturated rings. The molecule has 3 rings (SSSR count). The van der Waals surface area contributed by atoms with E-state index in [-0.39, 0.29) is 24.0 Å². The quantitative estimate of drug-likeness (QED) is 0.386. The Labute approximate surface area is 171 Å². The molecule has 0 spiro atoms. The summed E-state index contributed by atoms with van der Waals surface area (Å²) in [5, 5.41) is 10.6. The standard InChI is InChI=1S/C19H26N4O2.HI/c1-4-20-19(22-12-17-13(2)23-25-14(17)3)21-9-7-15-5-6-18-16(11-15)8-10-24-18;/h5-6,11H,4,7-10,12H2,1-3H3,(H2,20,21,22);1H. The maximum Gasteiger partial charge on any atom is 0.191 e. The van der Waals surface area contributed by atoms with Gasteiger partial charge < -0.3 is 19.9 Å². The van der Waals surface area contributed by atoms with Crippen molar-refractivity contribution >= 4 is 29.9 Å². The first kappa shape index (κ1) is 20.5. The fraction of sp³-hybridized carbons (Fsp3) is 0.474. The zero-order chi connectivity index (χ0) is 17.6. The van der Waals surface area contributed by atoms with Crippen molar-refractivity contribution in [1.82, 2.24) is 15.8 Å². The van der Waals surface area contributed by atoms with Crippen LogP contribution in [0.2, 0.25) is 0 Å². The normalized spacial score (nSPS) is 13.0. The fourth-order valence-corrected chi connectivity index (χ4v) is 2.95. The molecule has 142 valence electrons. The van der Waals surface area contributed by atoms with Gasteiger partial charge in [-0.1, -0.05) is 17.3 Å². The molecular formula is C19H27IN4O2. The molecular weight excluding hydrogens is 443 g/mol. The van der Waals surface area contributed by atoms with Crippen molar-refractivity contribution in [2.45, 2.75) is 40.2 Å². The monoisotopic (exact) mass is 470 g/mol. The highest BCUT2D eigenvalue weighted by atomic mass is 127. The van der Waals surface area contributed by atoms with E-state index in [2.05, 4.69) is 45.9 Å². The zero-order valence-electron chi connectivity index (χ0n) is 15.6. The topological polar surface area (TPSA) is 71.7 Å². The summed E-state index contributed by atoms with van der Waals surface area (Å²) in [6.45, 7) is 8.94. The molecule has 1 aliphatic rings. The van der Waals surface area contributed by atoms with E-state index in [9.17, 15) is 0 Å². The first-order valence-electron chi connectivity index (χ1n) is 8.86. The van der Waals surface area contributed by atoms with Gasteiger partial charge in [0, 0.05) is 25.1 Å². The van der Waals surface area contributed by atoms with Crippen LogP contribution in [0.4, 0.5) is 0 Å². The van der Waals surface area contributed by atoms with Crippen LogP contribution in [0.15, 0.2) is 27.7 Å². The van der Waals surface area contributed by atoms with Crippen molar-refractivity contribution in [3.63, 3.8) is 0 Å². The lowest BCUT2D eigenvalue weighted by Crippen LogP contribution is -2.38. The fourth-order valence-electron chi connectivity index (χ4n) is 2.95. The molecule has 0 saturated heterocycles. The summed E-state index contributed by atoms with van der Waals surface area (Å²) >= 11 is 0. The number of nitrogens with zero attached hydrogens (tertiary/aromatic N) is 2. The summed E-state index contributed by atoms with van der Waals surface area (Å²) in [4.78, 5) is 4.64. The Morgan fingerprint density at radius 1 is 1.27 bits per heavy atom. The average Bonchev–Trinajstić information content (AvgIpc) is 3.19. The minimum Gasteiger partial charge on any atom is -0.493 e. The number of hydrogen-bond acceptors (Lipinski definition) is 4. The van der Waals surface area contributed by atoms with E-state index in [1.54, 1.807) is 0 Å². The molecule has 1 aromatic carbocycles. The van der Waals surface area contributed by atoms with Gasteiger partial charge in [0.05, 0.1) is 18.8 Å². The van der Waals surface area contributed by atoms with Gasteiger partial charge in [-0.25, -0.2) is 4.99 Å². The molecule has 7 heteroatoms. The van der Waals surface area contributed by atoms with Gasteiger partial charge in [-0.15, -0.1) is 24.0 Å². The Kier molecular flexibility index (Phi) is 7.74. The molecule has 2 aromatic rings. The number of fused-ring (bicyclic) bond motifs is 1. The summed E-state index contributed by atoms with van der Waals surface area (Å²) in [5.74, 6) is 2.68. The van der Waals surface area contributed by atoms with Crippen LogP contribution in [0.25, 0.3) is 0 Å². The van der Waals surface area contributed by atoms with E-state index >= 15 is 0 Å². The number of guanidine groups is 1. The number of nitrogens with one attached hydrogen (secondary N) is 2. The van der Waals surface area contributed by atoms with E-state index in [0.29, 0.717) is 6.54 Å². The molecule has 0 amide bonds. The summed E-state index contributed by atoms with van der Waals surface area (Å²) in [5.41, 5.74) is 4.59. The van der Waals surface area contributed by atoms with Crippen LogP contribution in [0.1, 0.15) is 35.1 Å². The number of rotatable bonds is 6. The van der Waals surface area contributed by atoms with Gasteiger partial charge in [0.25, 0.3) is 0 Å². The van der Waals surface area contributed by atoms with Crippen molar-refractivity contribution in [3.05, 3.63) is 46.3 Å². The molecule has 0 radical (unpaired) electrons. The van der Waals surface area contributed by atoms with Crippen molar-refractivity contribution in [1.29, 1.82) is 0 Å². The molecule has 2 heterocycles. The van der Waals surface area contributed by atoms with Gasteiger partial charge in [-0.05, 0) is 44.4 Å². The van der Waals surface area contributed by atoms with Gasteiger partial charge in [-0.3, -0.25) is 0 Å². The second-order valence-corrected chi connectivity index (χ2v) is 6.22. The molecule has 0 unspecified atom stereocenters. The smallest absolute Gasteiger partial charge is 0.191 e. The summed E-state index contributed by atoms with van der Waals surface area (Å²) < 4.78 is 10.7. The largest absolute Gasteiger partial charge is 0.493 e. The van der Waals surface area contributed by atoms with E-state index in [4.69, 9.17) is 9.26 Å². The number of benzene rings is 1. The predicted octanol–water partition coefficient (Wildman–Crippen LogP) is 3.14. The first-order valence-corrected chi connectivity index (χ1v) is 8.86. The number of ether oxygens (including phenoxy) is 1. The van der Waals surface area contributed by atoms with E-state index in [1.165, 1.54) is 11.1 Å². The molecule has 1 aliphatic heterocycles. The van der Waals surface area contributed by atoms with Crippen molar-refractivity contribution in [2.75, 3.05) is 19.7 Å². The molecule has 0 bridgehead atoms. The van der Waals surface area contributed by atoms with Crippen LogP contribution < -0.4 is 15.4 Å². The van der Waals surface area contributed by atoms with E-state index in [0.717, 1.165) is 61.3 Å². The number of hydrogen-bond donors (Lipinski definition) is 2. The molecule has 0 aliphatic carbocycles. The van der Waals surface area contributed by atoms with Crippen molar-refractivity contribution in [3.8, 4) is 5.75 Å². The highest BCUT2D eigenvalue weighted by Crippen LogP contribution is 2.25. The number of aryl methyl sites for hydroxylation is 2. The minimum absolute atomic E-state index is 0. The Morgan fingerprint density at radius 2 is 2.12 bits per heavy atom. The molecule has 26 heavy (non-hydrogen) atoms. The lowest BCUT2D eigenvalue weighted by molar-refractivity contribution is 0.357. The second kappa shape index (κ2) is 9.80. The third-order valence-corrected chi connectivity index (χ3v) is 4.38.